The van der Waals surface area contributed by atoms with E-state index in [0.717, 1.165) is 17.8 Å². The number of anilines is 1. The number of amides is 1. The summed E-state index contributed by atoms with van der Waals surface area (Å²) < 4.78 is 6.05. The molecule has 3 aromatic rings. The van der Waals surface area contributed by atoms with Crippen LogP contribution in [0.3, 0.4) is 0 Å². The summed E-state index contributed by atoms with van der Waals surface area (Å²) in [5, 5.41) is 3.42. The van der Waals surface area contributed by atoms with E-state index < -0.39 is 0 Å². The fourth-order valence-corrected chi connectivity index (χ4v) is 3.27. The van der Waals surface area contributed by atoms with Crippen LogP contribution in [-0.4, -0.2) is 19.0 Å². The quantitative estimate of drug-likeness (QED) is 0.681. The lowest BCUT2D eigenvalue weighted by Crippen LogP contribution is -2.36. The highest BCUT2D eigenvalue weighted by molar-refractivity contribution is 6.09. The van der Waals surface area contributed by atoms with Crippen LogP contribution in [0.15, 0.2) is 72.8 Å². The Morgan fingerprint density at radius 3 is 2.56 bits per heavy atom. The van der Waals surface area contributed by atoms with Gasteiger partial charge in [0.2, 0.25) is 0 Å². The molecule has 0 saturated carbocycles. The predicted octanol–water partition coefficient (Wildman–Crippen LogP) is 4.54. The maximum atomic E-state index is 13.2. The number of nitrogens with zero attached hydrogens (tertiary/aromatic N) is 1. The summed E-state index contributed by atoms with van der Waals surface area (Å²) in [5.74, 6) is 1.28. The van der Waals surface area contributed by atoms with Crippen molar-refractivity contribution in [2.45, 2.75) is 13.5 Å². The minimum Gasteiger partial charge on any atom is -0.454 e. The number of ether oxygens (including phenoxy) is 1. The van der Waals surface area contributed by atoms with E-state index in [-0.39, 0.29) is 5.91 Å². The van der Waals surface area contributed by atoms with E-state index in [1.807, 2.05) is 72.5 Å². The van der Waals surface area contributed by atoms with Crippen LogP contribution in [0.5, 0.6) is 11.5 Å². The normalized spacial score (nSPS) is 12.8. The Morgan fingerprint density at radius 1 is 0.926 bits per heavy atom. The maximum Gasteiger partial charge on any atom is 0.262 e. The van der Waals surface area contributed by atoms with E-state index in [9.17, 15) is 4.79 Å². The fraction of sp³-hybridized carbons (Fsp3) is 0.174. The van der Waals surface area contributed by atoms with Gasteiger partial charge in [-0.2, -0.15) is 0 Å². The molecule has 0 radical (unpaired) electrons. The Kier molecular flexibility index (Phi) is 4.90. The Hall–Kier alpha value is -3.11. The summed E-state index contributed by atoms with van der Waals surface area (Å²) in [6.45, 7) is 4.06. The van der Waals surface area contributed by atoms with Crippen molar-refractivity contribution in [2.75, 3.05) is 18.0 Å². The van der Waals surface area contributed by atoms with Gasteiger partial charge in [-0.05, 0) is 42.3 Å². The zero-order valence-electron chi connectivity index (χ0n) is 15.3. The Bertz CT molecular complexity index is 954. The van der Waals surface area contributed by atoms with Crippen molar-refractivity contribution in [1.82, 2.24) is 5.32 Å². The number of hydrogen-bond acceptors (Lipinski definition) is 3. The molecule has 1 aliphatic heterocycles. The van der Waals surface area contributed by atoms with E-state index in [0.29, 0.717) is 30.2 Å². The molecule has 0 unspecified atom stereocenters. The van der Waals surface area contributed by atoms with Crippen molar-refractivity contribution in [3.8, 4) is 11.5 Å². The van der Waals surface area contributed by atoms with Crippen molar-refractivity contribution >= 4 is 11.6 Å². The number of rotatable bonds is 5. The first-order valence-electron chi connectivity index (χ1n) is 9.16. The van der Waals surface area contributed by atoms with Crippen LogP contribution < -0.4 is 15.0 Å². The number of hydrogen-bond donors (Lipinski definition) is 1. The lowest BCUT2D eigenvalue weighted by Gasteiger charge is -2.22. The van der Waals surface area contributed by atoms with Crippen molar-refractivity contribution in [1.29, 1.82) is 0 Å². The van der Waals surface area contributed by atoms with Gasteiger partial charge in [-0.3, -0.25) is 4.79 Å². The highest BCUT2D eigenvalue weighted by Gasteiger charge is 2.27. The third-order valence-corrected chi connectivity index (χ3v) is 4.67. The largest absolute Gasteiger partial charge is 0.454 e. The van der Waals surface area contributed by atoms with Crippen LogP contribution in [0.4, 0.5) is 5.69 Å². The van der Waals surface area contributed by atoms with E-state index in [2.05, 4.69) is 17.4 Å². The number of para-hydroxylation sites is 1. The number of nitrogens with one attached hydrogen (secondary N) is 1. The minimum atomic E-state index is -0.0311. The predicted molar refractivity (Wildman–Crippen MR) is 108 cm³/mol. The number of aryl methyl sites for hydroxylation is 1. The lowest BCUT2D eigenvalue weighted by molar-refractivity contribution is 0.0987. The standard InChI is InChI=1S/C23H22N2O2/c1-17-11-12-22-20(15-17)25(14-13-24-16-18-7-3-2-4-8-18)23(26)19-9-5-6-10-21(19)27-22/h2-12,15,24H,13-14,16H2,1H3. The summed E-state index contributed by atoms with van der Waals surface area (Å²) in [5.41, 5.74) is 3.73. The van der Waals surface area contributed by atoms with Gasteiger partial charge in [0, 0.05) is 19.6 Å². The first kappa shape index (κ1) is 17.3. The molecule has 1 amide bonds. The fourth-order valence-electron chi connectivity index (χ4n) is 3.27. The number of carbonyl (C=O) groups is 1. The summed E-state index contributed by atoms with van der Waals surface area (Å²) >= 11 is 0. The van der Waals surface area contributed by atoms with Gasteiger partial charge in [-0.25, -0.2) is 0 Å². The van der Waals surface area contributed by atoms with Gasteiger partial charge in [-0.1, -0.05) is 48.5 Å². The molecule has 1 N–H and O–H groups in total. The first-order chi connectivity index (χ1) is 13.2. The van der Waals surface area contributed by atoms with Gasteiger partial charge in [0.05, 0.1) is 11.3 Å². The van der Waals surface area contributed by atoms with E-state index >= 15 is 0 Å². The number of fused-ring (bicyclic) bond motifs is 2. The van der Waals surface area contributed by atoms with E-state index in [1.54, 1.807) is 0 Å². The monoisotopic (exact) mass is 358 g/mol. The van der Waals surface area contributed by atoms with Crippen LogP contribution in [0, 0.1) is 6.92 Å². The van der Waals surface area contributed by atoms with Crippen LogP contribution in [-0.2, 0) is 6.54 Å². The molecule has 0 aliphatic carbocycles. The molecule has 0 aromatic heterocycles. The number of carbonyl (C=O) groups excluding carboxylic acids is 1. The van der Waals surface area contributed by atoms with Gasteiger partial charge >= 0.3 is 0 Å². The Morgan fingerprint density at radius 2 is 1.70 bits per heavy atom. The smallest absolute Gasteiger partial charge is 0.262 e. The molecule has 0 bridgehead atoms. The minimum absolute atomic E-state index is 0.0311. The molecule has 1 heterocycles. The molecule has 0 atom stereocenters. The van der Waals surface area contributed by atoms with Crippen molar-refractivity contribution in [3.63, 3.8) is 0 Å². The van der Waals surface area contributed by atoms with Crippen LogP contribution in [0.25, 0.3) is 0 Å². The molecule has 4 rings (SSSR count). The molecular weight excluding hydrogens is 336 g/mol. The highest BCUT2D eigenvalue weighted by Crippen LogP contribution is 2.39. The summed E-state index contributed by atoms with van der Waals surface area (Å²) in [4.78, 5) is 15.0. The summed E-state index contributed by atoms with van der Waals surface area (Å²) in [7, 11) is 0. The second-order valence-corrected chi connectivity index (χ2v) is 6.69. The van der Waals surface area contributed by atoms with Crippen molar-refractivity contribution in [2.24, 2.45) is 0 Å². The Balaban J connectivity index is 1.56. The van der Waals surface area contributed by atoms with Crippen LogP contribution in [0.1, 0.15) is 21.5 Å². The molecule has 4 nitrogen and oxygen atoms in total. The molecule has 0 spiro atoms. The number of benzene rings is 3. The second kappa shape index (κ2) is 7.64. The van der Waals surface area contributed by atoms with Gasteiger partial charge < -0.3 is 15.0 Å². The average molecular weight is 358 g/mol. The SMILES string of the molecule is Cc1ccc2c(c1)N(CCNCc1ccccc1)C(=O)c1ccccc1O2. The molecule has 4 heteroatoms. The molecule has 27 heavy (non-hydrogen) atoms. The summed E-state index contributed by atoms with van der Waals surface area (Å²) in [6.07, 6.45) is 0. The molecule has 0 fully saturated rings. The third kappa shape index (κ3) is 3.71. The van der Waals surface area contributed by atoms with Crippen molar-refractivity contribution in [3.05, 3.63) is 89.5 Å². The Labute approximate surface area is 159 Å². The highest BCUT2D eigenvalue weighted by atomic mass is 16.5. The van der Waals surface area contributed by atoms with Crippen molar-refractivity contribution < 1.29 is 9.53 Å². The lowest BCUT2D eigenvalue weighted by atomic mass is 10.1. The topological polar surface area (TPSA) is 41.6 Å². The van der Waals surface area contributed by atoms with E-state index in [4.69, 9.17) is 4.74 Å². The molecule has 3 aromatic carbocycles. The molecular formula is C23H22N2O2. The summed E-state index contributed by atoms with van der Waals surface area (Å²) in [6, 6.07) is 23.6. The molecule has 136 valence electrons. The molecule has 0 saturated heterocycles. The van der Waals surface area contributed by atoms with Gasteiger partial charge in [-0.15, -0.1) is 0 Å². The van der Waals surface area contributed by atoms with Gasteiger partial charge in [0.25, 0.3) is 5.91 Å². The van der Waals surface area contributed by atoms with Crippen LogP contribution in [0.2, 0.25) is 0 Å². The first-order valence-corrected chi connectivity index (χ1v) is 9.16. The van der Waals surface area contributed by atoms with Gasteiger partial charge in [0.1, 0.15) is 5.75 Å². The zero-order chi connectivity index (χ0) is 18.6. The van der Waals surface area contributed by atoms with Gasteiger partial charge in [0.15, 0.2) is 5.75 Å². The average Bonchev–Trinajstić information content (AvgIpc) is 2.81. The molecule has 1 aliphatic rings. The maximum absolute atomic E-state index is 13.2. The zero-order valence-corrected chi connectivity index (χ0v) is 15.3. The third-order valence-electron chi connectivity index (χ3n) is 4.67. The van der Waals surface area contributed by atoms with E-state index in [1.165, 1.54) is 5.56 Å². The van der Waals surface area contributed by atoms with Crippen LogP contribution >= 0.6 is 0 Å². The second-order valence-electron chi connectivity index (χ2n) is 6.69.